The lowest BCUT2D eigenvalue weighted by atomic mass is 10.1. The molecular weight excluding hydrogens is 304 g/mol. The first kappa shape index (κ1) is 22.3. The van der Waals surface area contributed by atoms with Crippen LogP contribution in [0.15, 0.2) is 10.2 Å². The van der Waals surface area contributed by atoms with Gasteiger partial charge in [-0.2, -0.15) is 10.2 Å². The van der Waals surface area contributed by atoms with Crippen LogP contribution in [-0.4, -0.2) is 23.2 Å². The van der Waals surface area contributed by atoms with E-state index in [4.69, 9.17) is 0 Å². The predicted octanol–water partition coefficient (Wildman–Crippen LogP) is 3.91. The maximum atomic E-state index is 11.5. The summed E-state index contributed by atoms with van der Waals surface area (Å²) in [5, 5.41) is 8.00. The minimum absolute atomic E-state index is 0.0117. The topological polar surface area (TPSA) is 82.9 Å². The Hall–Kier alpha value is -1.72. The second-order valence-electron chi connectivity index (χ2n) is 6.09. The molecule has 0 heterocycles. The van der Waals surface area contributed by atoms with Crippen LogP contribution in [0.5, 0.6) is 0 Å². The van der Waals surface area contributed by atoms with E-state index in [2.05, 4.69) is 21.1 Å². The van der Waals surface area contributed by atoms with Crippen molar-refractivity contribution in [2.24, 2.45) is 10.2 Å². The molecule has 138 valence electrons. The highest BCUT2D eigenvalue weighted by Gasteiger charge is 2.01. The summed E-state index contributed by atoms with van der Waals surface area (Å²) in [6, 6.07) is 0. The Balaban J connectivity index is 3.48. The molecule has 24 heavy (non-hydrogen) atoms. The fraction of sp³-hybridized carbons (Fsp3) is 0.778. The summed E-state index contributed by atoms with van der Waals surface area (Å²) in [6.07, 6.45) is 8.79. The number of rotatable bonds is 13. The SMILES string of the molecule is CC/C(C)=N/NC(=O)CCCCCCCCC(=O)N/N=C(\C)CC. The van der Waals surface area contributed by atoms with Crippen LogP contribution in [-0.2, 0) is 9.59 Å². The van der Waals surface area contributed by atoms with Gasteiger partial charge in [-0.1, -0.05) is 39.5 Å². The molecule has 2 N–H and O–H groups in total. The molecule has 0 aromatic carbocycles. The zero-order chi connectivity index (χ0) is 18.2. The van der Waals surface area contributed by atoms with Gasteiger partial charge >= 0.3 is 0 Å². The summed E-state index contributed by atoms with van der Waals surface area (Å²) in [5.74, 6) is -0.0233. The van der Waals surface area contributed by atoms with Crippen molar-refractivity contribution in [2.45, 2.75) is 91.9 Å². The van der Waals surface area contributed by atoms with Crippen molar-refractivity contribution in [3.05, 3.63) is 0 Å². The van der Waals surface area contributed by atoms with E-state index in [0.717, 1.165) is 62.8 Å². The van der Waals surface area contributed by atoms with Crippen molar-refractivity contribution < 1.29 is 9.59 Å². The molecule has 0 fully saturated rings. The van der Waals surface area contributed by atoms with Gasteiger partial charge in [-0.25, -0.2) is 10.9 Å². The monoisotopic (exact) mass is 338 g/mol. The minimum Gasteiger partial charge on any atom is -0.273 e. The normalized spacial score (nSPS) is 12.2. The summed E-state index contributed by atoms with van der Waals surface area (Å²) < 4.78 is 0. The molecule has 0 atom stereocenters. The Kier molecular flexibility index (Phi) is 13.8. The number of carbonyl (C=O) groups excluding carboxylic acids is 2. The molecule has 0 bridgehead atoms. The molecule has 0 saturated carbocycles. The predicted molar refractivity (Wildman–Crippen MR) is 100 cm³/mol. The van der Waals surface area contributed by atoms with Crippen LogP contribution in [0.2, 0.25) is 0 Å². The van der Waals surface area contributed by atoms with Crippen LogP contribution in [0, 0.1) is 0 Å². The van der Waals surface area contributed by atoms with Gasteiger partial charge in [0.1, 0.15) is 0 Å². The van der Waals surface area contributed by atoms with Crippen LogP contribution < -0.4 is 10.9 Å². The first-order valence-corrected chi connectivity index (χ1v) is 9.13. The molecule has 0 aromatic rings. The number of carbonyl (C=O) groups is 2. The molecule has 0 aliphatic carbocycles. The number of hydrogen-bond acceptors (Lipinski definition) is 4. The second-order valence-corrected chi connectivity index (χ2v) is 6.09. The number of amides is 2. The fourth-order valence-electron chi connectivity index (χ4n) is 1.86. The van der Waals surface area contributed by atoms with Gasteiger partial charge in [-0.15, -0.1) is 0 Å². The highest BCUT2D eigenvalue weighted by atomic mass is 16.2. The van der Waals surface area contributed by atoms with E-state index < -0.39 is 0 Å². The number of nitrogens with one attached hydrogen (secondary N) is 2. The van der Waals surface area contributed by atoms with Crippen LogP contribution in [0.1, 0.15) is 91.9 Å². The van der Waals surface area contributed by atoms with Gasteiger partial charge in [-0.05, 0) is 39.5 Å². The third-order valence-electron chi connectivity index (χ3n) is 3.82. The average molecular weight is 338 g/mol. The lowest BCUT2D eigenvalue weighted by molar-refractivity contribution is -0.122. The van der Waals surface area contributed by atoms with Gasteiger partial charge in [0, 0.05) is 24.3 Å². The van der Waals surface area contributed by atoms with E-state index in [9.17, 15) is 9.59 Å². The van der Waals surface area contributed by atoms with Crippen molar-refractivity contribution in [2.75, 3.05) is 0 Å². The largest absolute Gasteiger partial charge is 0.273 e. The van der Waals surface area contributed by atoms with Crippen molar-refractivity contribution in [3.8, 4) is 0 Å². The van der Waals surface area contributed by atoms with E-state index in [0.29, 0.717) is 12.8 Å². The standard InChI is InChI=1S/C18H34N4O2/c1-5-15(3)19-21-17(23)13-11-9-7-8-10-12-14-18(24)22-20-16(4)6-2/h5-14H2,1-4H3,(H,21,23)(H,22,24)/b19-15+,20-16+. The van der Waals surface area contributed by atoms with Gasteiger partial charge in [-0.3, -0.25) is 9.59 Å². The average Bonchev–Trinajstić information content (AvgIpc) is 2.59. The molecule has 0 spiro atoms. The second kappa shape index (κ2) is 14.8. The maximum Gasteiger partial charge on any atom is 0.240 e. The quantitative estimate of drug-likeness (QED) is 0.303. The lowest BCUT2D eigenvalue weighted by Crippen LogP contribution is -2.18. The highest BCUT2D eigenvalue weighted by molar-refractivity contribution is 5.84. The van der Waals surface area contributed by atoms with Crippen molar-refractivity contribution >= 4 is 23.2 Å². The molecule has 0 saturated heterocycles. The molecule has 6 nitrogen and oxygen atoms in total. The Morgan fingerprint density at radius 2 is 1.00 bits per heavy atom. The third kappa shape index (κ3) is 13.9. The lowest BCUT2D eigenvalue weighted by Gasteiger charge is -2.03. The van der Waals surface area contributed by atoms with Crippen molar-refractivity contribution in [3.63, 3.8) is 0 Å². The number of hydrazone groups is 2. The third-order valence-corrected chi connectivity index (χ3v) is 3.82. The summed E-state index contributed by atoms with van der Waals surface area (Å²) in [4.78, 5) is 23.1. The Bertz CT molecular complexity index is 391. The van der Waals surface area contributed by atoms with Gasteiger partial charge in [0.25, 0.3) is 0 Å². The molecule has 0 radical (unpaired) electrons. The molecule has 0 aliphatic heterocycles. The number of nitrogens with zero attached hydrogens (tertiary/aromatic N) is 2. The van der Waals surface area contributed by atoms with E-state index in [-0.39, 0.29) is 11.8 Å². The first-order valence-electron chi connectivity index (χ1n) is 9.13. The Morgan fingerprint density at radius 1 is 0.667 bits per heavy atom. The molecular formula is C18H34N4O2. The van der Waals surface area contributed by atoms with Crippen LogP contribution in [0.3, 0.4) is 0 Å². The van der Waals surface area contributed by atoms with Crippen LogP contribution >= 0.6 is 0 Å². The summed E-state index contributed by atoms with van der Waals surface area (Å²) in [5.41, 5.74) is 7.02. The van der Waals surface area contributed by atoms with Gasteiger partial charge in [0.15, 0.2) is 0 Å². The van der Waals surface area contributed by atoms with Gasteiger partial charge in [0.2, 0.25) is 11.8 Å². The van der Waals surface area contributed by atoms with E-state index >= 15 is 0 Å². The fourth-order valence-corrected chi connectivity index (χ4v) is 1.86. The van der Waals surface area contributed by atoms with Crippen molar-refractivity contribution in [1.82, 2.24) is 10.9 Å². The molecule has 0 aromatic heterocycles. The molecule has 2 amide bonds. The summed E-state index contributed by atoms with van der Waals surface area (Å²) >= 11 is 0. The molecule has 0 unspecified atom stereocenters. The zero-order valence-electron chi connectivity index (χ0n) is 15.8. The number of hydrogen-bond donors (Lipinski definition) is 2. The maximum absolute atomic E-state index is 11.5. The van der Waals surface area contributed by atoms with E-state index in [1.165, 1.54) is 0 Å². The van der Waals surface area contributed by atoms with E-state index in [1.807, 2.05) is 27.7 Å². The molecule has 6 heteroatoms. The van der Waals surface area contributed by atoms with E-state index in [1.54, 1.807) is 0 Å². The number of unbranched alkanes of at least 4 members (excludes halogenated alkanes) is 5. The zero-order valence-corrected chi connectivity index (χ0v) is 15.8. The smallest absolute Gasteiger partial charge is 0.240 e. The van der Waals surface area contributed by atoms with Crippen LogP contribution in [0.25, 0.3) is 0 Å². The highest BCUT2D eigenvalue weighted by Crippen LogP contribution is 2.08. The summed E-state index contributed by atoms with van der Waals surface area (Å²) in [6.45, 7) is 7.82. The molecule has 0 rings (SSSR count). The molecule has 0 aliphatic rings. The Morgan fingerprint density at radius 3 is 1.33 bits per heavy atom. The summed E-state index contributed by atoms with van der Waals surface area (Å²) in [7, 11) is 0. The van der Waals surface area contributed by atoms with Crippen LogP contribution in [0.4, 0.5) is 0 Å². The first-order chi connectivity index (χ1) is 11.5. The Labute approximate surface area is 146 Å². The van der Waals surface area contributed by atoms with Gasteiger partial charge < -0.3 is 0 Å². The minimum atomic E-state index is -0.0117. The van der Waals surface area contributed by atoms with Gasteiger partial charge in [0.05, 0.1) is 0 Å². The van der Waals surface area contributed by atoms with Crippen molar-refractivity contribution in [1.29, 1.82) is 0 Å².